The monoisotopic (exact) mass is 386 g/mol. The first-order valence-corrected chi connectivity index (χ1v) is 7.74. The molecule has 0 saturated heterocycles. The zero-order valence-corrected chi connectivity index (χ0v) is 13.0. The van der Waals surface area contributed by atoms with Gasteiger partial charge in [-0.1, -0.05) is 6.07 Å². The van der Waals surface area contributed by atoms with Crippen LogP contribution < -0.4 is 4.18 Å². The molecule has 2 rings (SSSR count). The third kappa shape index (κ3) is 4.18. The Morgan fingerprint density at radius 1 is 1.08 bits per heavy atom. The van der Waals surface area contributed by atoms with E-state index in [2.05, 4.69) is 14.2 Å². The van der Waals surface area contributed by atoms with Crippen LogP contribution in [0.3, 0.4) is 0 Å². The molecule has 0 aromatic carbocycles. The predicted octanol–water partition coefficient (Wildman–Crippen LogP) is 3.70. The molecular weight excluding hydrogens is 378 g/mol. The van der Waals surface area contributed by atoms with E-state index in [1.54, 1.807) is 0 Å². The molecule has 0 aliphatic rings. The van der Waals surface area contributed by atoms with Crippen molar-refractivity contribution in [3.05, 3.63) is 41.9 Å². The maximum absolute atomic E-state index is 13.0. The molecule has 2 heterocycles. The van der Waals surface area contributed by atoms with Gasteiger partial charge in [-0.05, 0) is 24.6 Å². The Morgan fingerprint density at radius 2 is 1.72 bits per heavy atom. The first kappa shape index (κ1) is 19.0. The summed E-state index contributed by atoms with van der Waals surface area (Å²) in [6, 6.07) is 4.00. The van der Waals surface area contributed by atoms with Gasteiger partial charge in [0, 0.05) is 23.5 Å². The van der Waals surface area contributed by atoms with Gasteiger partial charge in [-0.2, -0.15) is 34.8 Å². The molecule has 25 heavy (non-hydrogen) atoms. The molecule has 0 atom stereocenters. The Balaban J connectivity index is 2.56. The number of aromatic nitrogens is 2. The second-order valence-corrected chi connectivity index (χ2v) is 6.25. The van der Waals surface area contributed by atoms with Crippen LogP contribution in [0.5, 0.6) is 5.88 Å². The minimum absolute atomic E-state index is 0.0538. The minimum Gasteiger partial charge on any atom is -0.355 e. The molecule has 0 aliphatic heterocycles. The Labute approximate surface area is 137 Å². The summed E-state index contributed by atoms with van der Waals surface area (Å²) < 4.78 is 102. The van der Waals surface area contributed by atoms with Gasteiger partial charge in [-0.25, -0.2) is 4.98 Å². The lowest BCUT2D eigenvalue weighted by Gasteiger charge is -2.13. The molecule has 0 N–H and O–H groups in total. The lowest BCUT2D eigenvalue weighted by molar-refractivity contribution is -0.140. The van der Waals surface area contributed by atoms with Crippen molar-refractivity contribution in [1.82, 2.24) is 9.97 Å². The van der Waals surface area contributed by atoms with Gasteiger partial charge >= 0.3 is 21.8 Å². The van der Waals surface area contributed by atoms with E-state index in [4.69, 9.17) is 0 Å². The van der Waals surface area contributed by atoms with E-state index in [1.807, 2.05) is 0 Å². The average molecular weight is 386 g/mol. The molecule has 0 spiro atoms. The summed E-state index contributed by atoms with van der Waals surface area (Å²) in [5.74, 6) is -1.01. The highest BCUT2D eigenvalue weighted by molar-refractivity contribution is 7.87. The summed E-state index contributed by atoms with van der Waals surface area (Å²) in [5, 5.41) is 0. The summed E-state index contributed by atoms with van der Waals surface area (Å²) in [7, 11) is -6.01. The van der Waals surface area contributed by atoms with Gasteiger partial charge in [0.25, 0.3) is 0 Å². The van der Waals surface area contributed by atoms with Crippen molar-refractivity contribution in [3.63, 3.8) is 0 Å². The van der Waals surface area contributed by atoms with Crippen LogP contribution in [0.25, 0.3) is 11.1 Å². The number of alkyl halides is 6. The lowest BCUT2D eigenvalue weighted by atomic mass is 10.0. The quantitative estimate of drug-likeness (QED) is 0.457. The molecule has 5 nitrogen and oxygen atoms in total. The van der Waals surface area contributed by atoms with Crippen molar-refractivity contribution >= 4 is 10.1 Å². The highest BCUT2D eigenvalue weighted by atomic mass is 32.2. The van der Waals surface area contributed by atoms with Crippen molar-refractivity contribution in [2.45, 2.75) is 18.6 Å². The highest BCUT2D eigenvalue weighted by Gasteiger charge is 2.49. The average Bonchev–Trinajstić information content (AvgIpc) is 2.44. The van der Waals surface area contributed by atoms with E-state index in [0.717, 1.165) is 18.3 Å². The first-order valence-electron chi connectivity index (χ1n) is 6.33. The molecule has 0 aliphatic carbocycles. The van der Waals surface area contributed by atoms with E-state index < -0.39 is 38.9 Å². The van der Waals surface area contributed by atoms with Gasteiger partial charge in [0.05, 0.1) is 0 Å². The standard InChI is InChI=1S/C13H8F6N2O3S/c1-7-5-8(9-3-2-4-20-11(9)12(14,15)16)6-10(21-7)24-25(22,23)13(17,18)19/h2-6H,1H3. The molecule has 2 aromatic heterocycles. The molecule has 0 amide bonds. The van der Waals surface area contributed by atoms with Crippen LogP contribution in [0.4, 0.5) is 26.3 Å². The fourth-order valence-electron chi connectivity index (χ4n) is 1.86. The molecule has 0 saturated carbocycles. The van der Waals surface area contributed by atoms with Crippen LogP contribution in [-0.4, -0.2) is 23.9 Å². The topological polar surface area (TPSA) is 69.2 Å². The third-order valence-electron chi connectivity index (χ3n) is 2.80. The molecule has 0 fully saturated rings. The summed E-state index contributed by atoms with van der Waals surface area (Å²) in [4.78, 5) is 6.66. The van der Waals surface area contributed by atoms with E-state index in [9.17, 15) is 34.8 Å². The number of hydrogen-bond acceptors (Lipinski definition) is 5. The maximum atomic E-state index is 13.0. The zero-order chi connectivity index (χ0) is 19.0. The van der Waals surface area contributed by atoms with Crippen molar-refractivity contribution in [3.8, 4) is 17.0 Å². The Bertz CT molecular complexity index is 893. The van der Waals surface area contributed by atoms with Gasteiger partial charge in [0.2, 0.25) is 5.88 Å². The minimum atomic E-state index is -6.01. The fraction of sp³-hybridized carbons (Fsp3) is 0.231. The first-order chi connectivity index (χ1) is 11.3. The molecule has 0 radical (unpaired) electrons. The van der Waals surface area contributed by atoms with E-state index in [1.165, 1.54) is 13.0 Å². The SMILES string of the molecule is Cc1cc(-c2cccnc2C(F)(F)F)cc(OS(=O)(=O)C(F)(F)F)n1. The third-order valence-corrected chi connectivity index (χ3v) is 3.75. The van der Waals surface area contributed by atoms with Gasteiger partial charge in [-0.3, -0.25) is 4.98 Å². The lowest BCUT2D eigenvalue weighted by Crippen LogP contribution is -2.28. The predicted molar refractivity (Wildman–Crippen MR) is 72.8 cm³/mol. The van der Waals surface area contributed by atoms with Crippen LogP contribution in [-0.2, 0) is 16.3 Å². The van der Waals surface area contributed by atoms with E-state index >= 15 is 0 Å². The smallest absolute Gasteiger partial charge is 0.355 e. The number of pyridine rings is 2. The van der Waals surface area contributed by atoms with Crippen LogP contribution >= 0.6 is 0 Å². The van der Waals surface area contributed by atoms with Crippen LogP contribution in [0.15, 0.2) is 30.5 Å². The van der Waals surface area contributed by atoms with Crippen LogP contribution in [0.2, 0.25) is 0 Å². The van der Waals surface area contributed by atoms with Gasteiger partial charge in [0.1, 0.15) is 0 Å². The number of nitrogens with zero attached hydrogens (tertiary/aromatic N) is 2. The summed E-state index contributed by atoms with van der Waals surface area (Å²) >= 11 is 0. The van der Waals surface area contributed by atoms with Crippen molar-refractivity contribution in [2.24, 2.45) is 0 Å². The van der Waals surface area contributed by atoms with Gasteiger partial charge in [-0.15, -0.1) is 0 Å². The largest absolute Gasteiger partial charge is 0.534 e. The van der Waals surface area contributed by atoms with E-state index in [0.29, 0.717) is 6.07 Å². The molecule has 0 bridgehead atoms. The summed E-state index contributed by atoms with van der Waals surface area (Å²) in [6.45, 7) is 1.25. The van der Waals surface area contributed by atoms with Crippen molar-refractivity contribution in [2.75, 3.05) is 0 Å². The summed E-state index contributed by atoms with van der Waals surface area (Å²) in [6.07, 6.45) is -3.93. The van der Waals surface area contributed by atoms with Crippen molar-refractivity contribution in [1.29, 1.82) is 0 Å². The van der Waals surface area contributed by atoms with Crippen LogP contribution in [0, 0.1) is 6.92 Å². The second kappa shape index (κ2) is 6.17. The normalized spacial score (nSPS) is 12.9. The number of halogens is 6. The summed E-state index contributed by atoms with van der Waals surface area (Å²) in [5.41, 5.74) is -7.76. The maximum Gasteiger partial charge on any atom is 0.534 e. The van der Waals surface area contributed by atoms with Crippen LogP contribution in [0.1, 0.15) is 11.4 Å². The Kier molecular flexibility index (Phi) is 4.68. The van der Waals surface area contributed by atoms with Crippen molar-refractivity contribution < 1.29 is 38.9 Å². The van der Waals surface area contributed by atoms with Gasteiger partial charge in [0.15, 0.2) is 5.69 Å². The number of aryl methyl sites for hydroxylation is 1. The fourth-order valence-corrected chi connectivity index (χ4v) is 2.26. The second-order valence-electron chi connectivity index (χ2n) is 4.72. The molecule has 2 aromatic rings. The highest BCUT2D eigenvalue weighted by Crippen LogP contribution is 2.36. The Hall–Kier alpha value is -2.37. The molecule has 136 valence electrons. The molecule has 0 unspecified atom stereocenters. The van der Waals surface area contributed by atoms with E-state index in [-0.39, 0.29) is 11.3 Å². The molecular formula is C13H8F6N2O3S. The number of rotatable bonds is 3. The zero-order valence-electron chi connectivity index (χ0n) is 12.2. The number of hydrogen-bond donors (Lipinski definition) is 0. The van der Waals surface area contributed by atoms with Gasteiger partial charge < -0.3 is 4.18 Å². The molecule has 12 heteroatoms. The Morgan fingerprint density at radius 3 is 2.28 bits per heavy atom.